The summed E-state index contributed by atoms with van der Waals surface area (Å²) in [7, 11) is -3.74. The van der Waals surface area contributed by atoms with E-state index in [1.165, 1.54) is 18.2 Å². The van der Waals surface area contributed by atoms with Gasteiger partial charge in [-0.3, -0.25) is 0 Å². The van der Waals surface area contributed by atoms with Crippen LogP contribution in [0.1, 0.15) is 18.1 Å². The summed E-state index contributed by atoms with van der Waals surface area (Å²) in [6, 6.07) is 11.2. The molecule has 0 bridgehead atoms. The van der Waals surface area contributed by atoms with E-state index in [4.69, 9.17) is 16.3 Å². The molecule has 0 fully saturated rings. The minimum Gasteiger partial charge on any atom is -0.494 e. The van der Waals surface area contributed by atoms with Crippen LogP contribution in [0.3, 0.4) is 0 Å². The summed E-state index contributed by atoms with van der Waals surface area (Å²) in [5, 5.41) is 0.0880. The third kappa shape index (κ3) is 4.92. The molecule has 0 saturated heterocycles. The Balaban J connectivity index is 2.11. The molecular weight excluding hydrogens is 341 g/mol. The number of ether oxygens (including phenoxy) is 1. The Kier molecular flexibility index (Phi) is 5.98. The molecule has 0 atom stereocenters. The Morgan fingerprint density at radius 2 is 1.91 bits per heavy atom. The van der Waals surface area contributed by atoms with Gasteiger partial charge in [-0.1, -0.05) is 35.9 Å². The lowest BCUT2D eigenvalue weighted by molar-refractivity contribution is 0.336. The molecule has 0 radical (unpaired) electrons. The third-order valence-electron chi connectivity index (χ3n) is 3.15. The summed E-state index contributed by atoms with van der Waals surface area (Å²) in [4.78, 5) is 0. The van der Waals surface area contributed by atoms with Gasteiger partial charge in [0.15, 0.2) is 0 Å². The lowest BCUT2D eigenvalue weighted by Gasteiger charge is -2.12. The molecule has 7 heteroatoms. The molecule has 4 nitrogen and oxygen atoms in total. The van der Waals surface area contributed by atoms with Gasteiger partial charge in [0.1, 0.15) is 11.6 Å². The van der Waals surface area contributed by atoms with Crippen LogP contribution in [0.25, 0.3) is 0 Å². The highest BCUT2D eigenvalue weighted by Crippen LogP contribution is 2.22. The smallest absolute Gasteiger partial charge is 0.216 e. The number of hydrogen-bond acceptors (Lipinski definition) is 3. The minimum absolute atomic E-state index is 0.0419. The molecular formula is C16H17ClFNO3S. The molecule has 0 amide bonds. The average molecular weight is 358 g/mol. The second kappa shape index (κ2) is 7.77. The highest BCUT2D eigenvalue weighted by Gasteiger charge is 2.17. The molecule has 0 saturated carbocycles. The van der Waals surface area contributed by atoms with Gasteiger partial charge >= 0.3 is 0 Å². The maximum Gasteiger partial charge on any atom is 0.216 e. The highest BCUT2D eigenvalue weighted by atomic mass is 35.5. The van der Waals surface area contributed by atoms with Gasteiger partial charge in [0.05, 0.1) is 12.4 Å². The minimum atomic E-state index is -3.74. The van der Waals surface area contributed by atoms with E-state index in [1.54, 1.807) is 18.2 Å². The average Bonchev–Trinajstić information content (AvgIpc) is 2.51. The van der Waals surface area contributed by atoms with Gasteiger partial charge in [-0.25, -0.2) is 17.5 Å². The van der Waals surface area contributed by atoms with Crippen molar-refractivity contribution in [2.45, 2.75) is 19.2 Å². The second-order valence-electron chi connectivity index (χ2n) is 4.82. The van der Waals surface area contributed by atoms with E-state index in [-0.39, 0.29) is 17.1 Å². The third-order valence-corrected chi connectivity index (χ3v) is 4.76. The second-order valence-corrected chi connectivity index (χ2v) is 7.04. The van der Waals surface area contributed by atoms with E-state index in [9.17, 15) is 12.8 Å². The first-order valence-electron chi connectivity index (χ1n) is 7.04. The SMILES string of the molecule is CCOc1ccccc1CNS(=O)(=O)Cc1c(F)cccc1Cl. The standard InChI is InChI=1S/C16H17ClFNO3S/c1-2-22-16-9-4-3-6-12(16)10-19-23(20,21)11-13-14(17)7-5-8-15(13)18/h3-9,19H,2,10-11H2,1H3. The Morgan fingerprint density at radius 1 is 1.17 bits per heavy atom. The summed E-state index contributed by atoms with van der Waals surface area (Å²) in [6.45, 7) is 2.39. The van der Waals surface area contributed by atoms with Gasteiger partial charge in [0.2, 0.25) is 10.0 Å². The number of benzene rings is 2. The Morgan fingerprint density at radius 3 is 2.61 bits per heavy atom. The van der Waals surface area contributed by atoms with Crippen LogP contribution < -0.4 is 9.46 Å². The van der Waals surface area contributed by atoms with Crippen molar-refractivity contribution in [1.29, 1.82) is 0 Å². The molecule has 0 aliphatic carbocycles. The summed E-state index contributed by atoms with van der Waals surface area (Å²) >= 11 is 5.87. The van der Waals surface area contributed by atoms with Crippen molar-refractivity contribution >= 4 is 21.6 Å². The molecule has 0 aliphatic heterocycles. The van der Waals surface area contributed by atoms with Crippen LogP contribution in [0, 0.1) is 5.82 Å². The molecule has 124 valence electrons. The fraction of sp³-hybridized carbons (Fsp3) is 0.250. The molecule has 0 aromatic heterocycles. The molecule has 2 aromatic carbocycles. The first kappa shape index (κ1) is 17.7. The Bertz CT molecular complexity index is 760. The first-order chi connectivity index (χ1) is 10.9. The van der Waals surface area contributed by atoms with E-state index < -0.39 is 21.6 Å². The highest BCUT2D eigenvalue weighted by molar-refractivity contribution is 7.88. The van der Waals surface area contributed by atoms with E-state index in [2.05, 4.69) is 4.72 Å². The molecule has 2 aromatic rings. The summed E-state index contributed by atoms with van der Waals surface area (Å²) in [6.07, 6.45) is 0. The van der Waals surface area contributed by atoms with Crippen molar-refractivity contribution in [3.63, 3.8) is 0 Å². The van der Waals surface area contributed by atoms with Crippen molar-refractivity contribution in [3.05, 3.63) is 64.4 Å². The summed E-state index contributed by atoms with van der Waals surface area (Å²) < 4.78 is 45.9. The topological polar surface area (TPSA) is 55.4 Å². The largest absolute Gasteiger partial charge is 0.494 e. The van der Waals surface area contributed by atoms with Crippen LogP contribution in [0.15, 0.2) is 42.5 Å². The lowest BCUT2D eigenvalue weighted by atomic mass is 10.2. The maximum atomic E-state index is 13.7. The summed E-state index contributed by atoms with van der Waals surface area (Å²) in [5.41, 5.74) is 0.664. The van der Waals surface area contributed by atoms with Crippen LogP contribution in [0.4, 0.5) is 4.39 Å². The van der Waals surface area contributed by atoms with Crippen LogP contribution in [0.5, 0.6) is 5.75 Å². The Hall–Kier alpha value is -1.63. The monoisotopic (exact) mass is 357 g/mol. The molecule has 0 heterocycles. The number of sulfonamides is 1. The van der Waals surface area contributed by atoms with Crippen molar-refractivity contribution in [2.75, 3.05) is 6.61 Å². The lowest BCUT2D eigenvalue weighted by Crippen LogP contribution is -2.25. The fourth-order valence-corrected chi connectivity index (χ4v) is 3.51. The first-order valence-corrected chi connectivity index (χ1v) is 9.07. The van der Waals surface area contributed by atoms with E-state index in [0.29, 0.717) is 17.9 Å². The van der Waals surface area contributed by atoms with Gasteiger partial charge in [0.25, 0.3) is 0 Å². The molecule has 1 N–H and O–H groups in total. The van der Waals surface area contributed by atoms with Gasteiger partial charge in [-0.2, -0.15) is 0 Å². The molecule has 0 spiro atoms. The number of nitrogens with one attached hydrogen (secondary N) is 1. The maximum absolute atomic E-state index is 13.7. The summed E-state index contributed by atoms with van der Waals surface area (Å²) in [5.74, 6) is -0.547. The van der Waals surface area contributed by atoms with Crippen molar-refractivity contribution < 1.29 is 17.5 Å². The molecule has 2 rings (SSSR count). The van der Waals surface area contributed by atoms with E-state index >= 15 is 0 Å². The van der Waals surface area contributed by atoms with Crippen LogP contribution >= 0.6 is 11.6 Å². The van der Waals surface area contributed by atoms with Crippen molar-refractivity contribution in [1.82, 2.24) is 4.72 Å². The van der Waals surface area contributed by atoms with Crippen LogP contribution in [-0.4, -0.2) is 15.0 Å². The number of halogens is 2. The van der Waals surface area contributed by atoms with E-state index in [0.717, 1.165) is 0 Å². The Labute approximate surface area is 140 Å². The zero-order chi connectivity index (χ0) is 16.9. The fourth-order valence-electron chi connectivity index (χ4n) is 2.05. The molecule has 0 unspecified atom stereocenters. The van der Waals surface area contributed by atoms with Gasteiger partial charge < -0.3 is 4.74 Å². The van der Waals surface area contributed by atoms with Crippen LogP contribution in [-0.2, 0) is 22.3 Å². The van der Waals surface area contributed by atoms with Gasteiger partial charge in [-0.15, -0.1) is 0 Å². The molecule has 0 aliphatic rings. The van der Waals surface area contributed by atoms with Crippen LogP contribution in [0.2, 0.25) is 5.02 Å². The van der Waals surface area contributed by atoms with Crippen molar-refractivity contribution in [2.24, 2.45) is 0 Å². The number of para-hydroxylation sites is 1. The number of rotatable bonds is 7. The number of hydrogen-bond donors (Lipinski definition) is 1. The quantitative estimate of drug-likeness (QED) is 0.825. The van der Waals surface area contributed by atoms with Gasteiger partial charge in [-0.05, 0) is 25.1 Å². The zero-order valence-corrected chi connectivity index (χ0v) is 14.1. The predicted octanol–water partition coefficient (Wildman–Crippen LogP) is 3.50. The van der Waals surface area contributed by atoms with E-state index in [1.807, 2.05) is 13.0 Å². The molecule has 23 heavy (non-hydrogen) atoms. The predicted molar refractivity (Wildman–Crippen MR) is 88.5 cm³/mol. The van der Waals surface area contributed by atoms with Gasteiger partial charge in [0, 0.05) is 22.7 Å². The normalized spacial score (nSPS) is 11.4. The zero-order valence-electron chi connectivity index (χ0n) is 12.6. The van der Waals surface area contributed by atoms with Crippen molar-refractivity contribution in [3.8, 4) is 5.75 Å².